The third-order valence-corrected chi connectivity index (χ3v) is 5.64. The molecule has 2 aromatic carbocycles. The minimum absolute atomic E-state index is 0.280. The largest absolute Gasteiger partial charge is 0.497 e. The van der Waals surface area contributed by atoms with Crippen LogP contribution in [0.15, 0.2) is 47.4 Å². The van der Waals surface area contributed by atoms with Gasteiger partial charge in [-0.3, -0.25) is 0 Å². The summed E-state index contributed by atoms with van der Waals surface area (Å²) in [7, 11) is -2.00. The molecule has 0 aliphatic rings. The molecule has 1 N–H and O–H groups in total. The maximum Gasteiger partial charge on any atom is 0.241 e. The second kappa shape index (κ2) is 6.34. The van der Waals surface area contributed by atoms with Crippen LogP contribution in [-0.4, -0.2) is 15.5 Å². The van der Waals surface area contributed by atoms with Crippen LogP contribution in [0.2, 0.25) is 0 Å². The molecule has 2 aromatic rings. The molecule has 0 aromatic heterocycles. The van der Waals surface area contributed by atoms with E-state index in [1.807, 2.05) is 58.0 Å². The van der Waals surface area contributed by atoms with Gasteiger partial charge < -0.3 is 4.74 Å². The van der Waals surface area contributed by atoms with Crippen LogP contribution < -0.4 is 9.46 Å². The van der Waals surface area contributed by atoms with Crippen molar-refractivity contribution >= 4 is 10.0 Å². The van der Waals surface area contributed by atoms with Crippen molar-refractivity contribution in [1.82, 2.24) is 4.72 Å². The van der Waals surface area contributed by atoms with Gasteiger partial charge in [0, 0.05) is 0 Å². The smallest absolute Gasteiger partial charge is 0.241 e. The molecule has 23 heavy (non-hydrogen) atoms. The zero-order valence-electron chi connectivity index (χ0n) is 14.2. The lowest BCUT2D eigenvalue weighted by Crippen LogP contribution is -2.40. The van der Waals surface area contributed by atoms with Gasteiger partial charge >= 0.3 is 0 Å². The van der Waals surface area contributed by atoms with Gasteiger partial charge in [-0.25, -0.2) is 13.1 Å². The number of nitrogens with one attached hydrogen (secondary N) is 1. The molecule has 0 fully saturated rings. The van der Waals surface area contributed by atoms with Crippen LogP contribution in [0.5, 0.6) is 5.75 Å². The Morgan fingerprint density at radius 2 is 1.57 bits per heavy atom. The highest BCUT2D eigenvalue weighted by Gasteiger charge is 2.28. The first-order valence-electron chi connectivity index (χ1n) is 7.41. The van der Waals surface area contributed by atoms with Gasteiger partial charge in [-0.2, -0.15) is 0 Å². The standard InChI is InChI=1S/C18H23NO3S/c1-13-6-11-17(12-14(13)2)23(20,21)19-18(3,4)15-7-9-16(22-5)10-8-15/h6-12,19H,1-5H3. The summed E-state index contributed by atoms with van der Waals surface area (Å²) in [5, 5.41) is 0. The molecule has 0 aliphatic heterocycles. The van der Waals surface area contributed by atoms with E-state index in [0.717, 1.165) is 22.4 Å². The maximum absolute atomic E-state index is 12.7. The fourth-order valence-corrected chi connectivity index (χ4v) is 3.83. The fourth-order valence-electron chi connectivity index (χ4n) is 2.34. The van der Waals surface area contributed by atoms with Crippen molar-refractivity contribution in [1.29, 1.82) is 0 Å². The number of hydrogen-bond acceptors (Lipinski definition) is 3. The Morgan fingerprint density at radius 3 is 2.09 bits per heavy atom. The highest BCUT2D eigenvalue weighted by molar-refractivity contribution is 7.89. The summed E-state index contributed by atoms with van der Waals surface area (Å²) in [6.07, 6.45) is 0. The van der Waals surface area contributed by atoms with Crippen LogP contribution in [0.4, 0.5) is 0 Å². The van der Waals surface area contributed by atoms with Gasteiger partial charge in [0.25, 0.3) is 0 Å². The number of sulfonamides is 1. The van der Waals surface area contributed by atoms with Gasteiger partial charge in [0.2, 0.25) is 10.0 Å². The Kier molecular flexibility index (Phi) is 4.82. The van der Waals surface area contributed by atoms with Gasteiger partial charge in [0.05, 0.1) is 17.5 Å². The first-order valence-corrected chi connectivity index (χ1v) is 8.90. The summed E-state index contributed by atoms with van der Waals surface area (Å²) in [5.74, 6) is 0.738. The molecule has 5 heteroatoms. The predicted octanol–water partition coefficient (Wildman–Crippen LogP) is 3.53. The lowest BCUT2D eigenvalue weighted by molar-refractivity contribution is 0.413. The summed E-state index contributed by atoms with van der Waals surface area (Å²) in [6, 6.07) is 12.5. The molecular formula is C18H23NO3S. The van der Waals surface area contributed by atoms with Crippen LogP contribution in [0.25, 0.3) is 0 Å². The molecule has 0 unspecified atom stereocenters. The average Bonchev–Trinajstić information content (AvgIpc) is 2.49. The summed E-state index contributed by atoms with van der Waals surface area (Å²) in [4.78, 5) is 0.280. The van der Waals surface area contributed by atoms with E-state index in [4.69, 9.17) is 4.74 Å². The van der Waals surface area contributed by atoms with Crippen molar-refractivity contribution in [3.63, 3.8) is 0 Å². The van der Waals surface area contributed by atoms with E-state index in [2.05, 4.69) is 4.72 Å². The summed E-state index contributed by atoms with van der Waals surface area (Å²) in [5.41, 5.74) is 2.16. The highest BCUT2D eigenvalue weighted by Crippen LogP contribution is 2.25. The predicted molar refractivity (Wildman–Crippen MR) is 92.3 cm³/mol. The molecule has 0 saturated carbocycles. The second-order valence-electron chi connectivity index (χ2n) is 6.21. The van der Waals surface area contributed by atoms with Crippen molar-refractivity contribution in [2.75, 3.05) is 7.11 Å². The summed E-state index contributed by atoms with van der Waals surface area (Å²) < 4.78 is 33.3. The van der Waals surface area contributed by atoms with Crippen molar-refractivity contribution in [2.24, 2.45) is 0 Å². The van der Waals surface area contributed by atoms with E-state index >= 15 is 0 Å². The van der Waals surface area contributed by atoms with Gasteiger partial charge in [-0.1, -0.05) is 18.2 Å². The van der Waals surface area contributed by atoms with Gasteiger partial charge in [-0.15, -0.1) is 0 Å². The molecule has 124 valence electrons. The average molecular weight is 333 g/mol. The molecule has 2 rings (SSSR count). The molecule has 4 nitrogen and oxygen atoms in total. The number of benzene rings is 2. The second-order valence-corrected chi connectivity index (χ2v) is 7.89. The molecule has 0 aliphatic carbocycles. The normalized spacial score (nSPS) is 12.2. The quantitative estimate of drug-likeness (QED) is 0.911. The number of methoxy groups -OCH3 is 1. The lowest BCUT2D eigenvalue weighted by atomic mass is 9.96. The molecule has 0 radical (unpaired) electrons. The van der Waals surface area contributed by atoms with Gasteiger partial charge in [0.1, 0.15) is 5.75 Å². The minimum Gasteiger partial charge on any atom is -0.497 e. The monoisotopic (exact) mass is 333 g/mol. The molecular weight excluding hydrogens is 310 g/mol. The van der Waals surface area contributed by atoms with E-state index in [1.165, 1.54) is 0 Å². The van der Waals surface area contributed by atoms with Crippen LogP contribution in [0, 0.1) is 13.8 Å². The molecule has 0 atom stereocenters. The Bertz CT molecular complexity index is 794. The zero-order valence-corrected chi connectivity index (χ0v) is 15.0. The molecule has 0 spiro atoms. The van der Waals surface area contributed by atoms with E-state index < -0.39 is 15.6 Å². The van der Waals surface area contributed by atoms with Crippen molar-refractivity contribution in [3.8, 4) is 5.75 Å². The number of rotatable bonds is 5. The Balaban J connectivity index is 2.31. The van der Waals surface area contributed by atoms with Crippen LogP contribution in [0.3, 0.4) is 0 Å². The lowest BCUT2D eigenvalue weighted by Gasteiger charge is -2.27. The van der Waals surface area contributed by atoms with E-state index in [-0.39, 0.29) is 4.90 Å². The Hall–Kier alpha value is -1.85. The van der Waals surface area contributed by atoms with Crippen molar-refractivity contribution in [3.05, 3.63) is 59.2 Å². The van der Waals surface area contributed by atoms with Crippen molar-refractivity contribution in [2.45, 2.75) is 38.1 Å². The van der Waals surface area contributed by atoms with Gasteiger partial charge in [-0.05, 0) is 68.7 Å². The Morgan fingerprint density at radius 1 is 0.957 bits per heavy atom. The zero-order chi connectivity index (χ0) is 17.3. The fraction of sp³-hybridized carbons (Fsp3) is 0.333. The topological polar surface area (TPSA) is 55.4 Å². The number of ether oxygens (including phenoxy) is 1. The van der Waals surface area contributed by atoms with E-state index in [9.17, 15) is 8.42 Å². The van der Waals surface area contributed by atoms with Crippen LogP contribution in [-0.2, 0) is 15.6 Å². The number of aryl methyl sites for hydroxylation is 2. The SMILES string of the molecule is COc1ccc(C(C)(C)NS(=O)(=O)c2ccc(C)c(C)c2)cc1. The van der Waals surface area contributed by atoms with Crippen LogP contribution in [0.1, 0.15) is 30.5 Å². The molecule has 0 saturated heterocycles. The Labute approximate surface area is 138 Å². The summed E-state index contributed by atoms with van der Waals surface area (Å²) in [6.45, 7) is 7.55. The highest BCUT2D eigenvalue weighted by atomic mass is 32.2. The minimum atomic E-state index is -3.60. The maximum atomic E-state index is 12.7. The summed E-state index contributed by atoms with van der Waals surface area (Å²) >= 11 is 0. The van der Waals surface area contributed by atoms with E-state index in [0.29, 0.717) is 0 Å². The third kappa shape index (κ3) is 3.92. The molecule has 0 heterocycles. The molecule has 0 bridgehead atoms. The molecule has 0 amide bonds. The first-order chi connectivity index (χ1) is 10.7. The van der Waals surface area contributed by atoms with E-state index in [1.54, 1.807) is 19.2 Å². The van der Waals surface area contributed by atoms with Crippen molar-refractivity contribution < 1.29 is 13.2 Å². The first kappa shape index (κ1) is 17.5. The third-order valence-electron chi connectivity index (χ3n) is 3.99. The van der Waals surface area contributed by atoms with Gasteiger partial charge in [0.15, 0.2) is 0 Å². The number of hydrogen-bond donors (Lipinski definition) is 1. The van der Waals surface area contributed by atoms with Crippen LogP contribution >= 0.6 is 0 Å².